The second-order valence-electron chi connectivity index (χ2n) is 3.80. The Morgan fingerprint density at radius 1 is 1.35 bits per heavy atom. The van der Waals surface area contributed by atoms with E-state index < -0.39 is 16.8 Å². The Labute approximate surface area is 107 Å². The molecular formula is C11H12ClNO3S. The SMILES string of the molecule is O=C(O)c1cc(Cl)ccc1N1CCS(=O)CC1. The van der Waals surface area contributed by atoms with Gasteiger partial charge in [0.2, 0.25) is 0 Å². The number of benzene rings is 1. The molecule has 0 amide bonds. The van der Waals surface area contributed by atoms with Gasteiger partial charge in [0.1, 0.15) is 0 Å². The van der Waals surface area contributed by atoms with E-state index in [-0.39, 0.29) is 5.56 Å². The molecule has 2 rings (SSSR count). The molecule has 0 radical (unpaired) electrons. The average molecular weight is 274 g/mol. The molecule has 0 unspecified atom stereocenters. The fraction of sp³-hybridized carbons (Fsp3) is 0.364. The summed E-state index contributed by atoms with van der Waals surface area (Å²) >= 11 is 5.79. The lowest BCUT2D eigenvalue weighted by atomic mass is 10.1. The number of anilines is 1. The fourth-order valence-electron chi connectivity index (χ4n) is 1.83. The highest BCUT2D eigenvalue weighted by molar-refractivity contribution is 7.85. The summed E-state index contributed by atoms with van der Waals surface area (Å²) < 4.78 is 11.3. The largest absolute Gasteiger partial charge is 0.478 e. The number of carboxylic acid groups (broad SMARTS) is 1. The zero-order chi connectivity index (χ0) is 12.4. The summed E-state index contributed by atoms with van der Waals surface area (Å²) in [5, 5.41) is 9.54. The van der Waals surface area contributed by atoms with Crippen LogP contribution in [-0.4, -0.2) is 39.9 Å². The van der Waals surface area contributed by atoms with E-state index in [9.17, 15) is 9.00 Å². The van der Waals surface area contributed by atoms with Crippen molar-refractivity contribution in [3.8, 4) is 0 Å². The van der Waals surface area contributed by atoms with Crippen molar-refractivity contribution >= 4 is 34.1 Å². The summed E-state index contributed by atoms with van der Waals surface area (Å²) in [6.45, 7) is 1.24. The van der Waals surface area contributed by atoms with Crippen molar-refractivity contribution < 1.29 is 14.1 Å². The van der Waals surface area contributed by atoms with Crippen molar-refractivity contribution in [2.24, 2.45) is 0 Å². The average Bonchev–Trinajstić information content (AvgIpc) is 2.30. The van der Waals surface area contributed by atoms with Gasteiger partial charge in [-0.05, 0) is 18.2 Å². The number of rotatable bonds is 2. The Kier molecular flexibility index (Phi) is 3.69. The summed E-state index contributed by atoms with van der Waals surface area (Å²) in [6, 6.07) is 4.83. The molecule has 17 heavy (non-hydrogen) atoms. The molecule has 1 aromatic carbocycles. The maximum absolute atomic E-state index is 11.3. The van der Waals surface area contributed by atoms with E-state index in [2.05, 4.69) is 0 Å². The summed E-state index contributed by atoms with van der Waals surface area (Å²) in [5.41, 5.74) is 0.851. The Morgan fingerprint density at radius 3 is 2.59 bits per heavy atom. The molecule has 4 nitrogen and oxygen atoms in total. The minimum Gasteiger partial charge on any atom is -0.478 e. The van der Waals surface area contributed by atoms with Crippen LogP contribution in [0.15, 0.2) is 18.2 Å². The van der Waals surface area contributed by atoms with Crippen molar-refractivity contribution in [2.45, 2.75) is 0 Å². The Balaban J connectivity index is 2.31. The summed E-state index contributed by atoms with van der Waals surface area (Å²) in [4.78, 5) is 13.1. The molecule has 0 bridgehead atoms. The normalized spacial score (nSPS) is 17.1. The standard InChI is InChI=1S/C11H12ClNO3S/c12-8-1-2-10(9(7-8)11(14)15)13-3-5-17(16)6-4-13/h1-2,7H,3-6H2,(H,14,15). The van der Waals surface area contributed by atoms with E-state index in [1.54, 1.807) is 12.1 Å². The van der Waals surface area contributed by atoms with Gasteiger partial charge < -0.3 is 10.0 Å². The summed E-state index contributed by atoms with van der Waals surface area (Å²) in [7, 11) is -0.772. The van der Waals surface area contributed by atoms with Crippen LogP contribution < -0.4 is 4.90 Å². The van der Waals surface area contributed by atoms with Gasteiger partial charge in [-0.3, -0.25) is 4.21 Å². The molecule has 0 aliphatic carbocycles. The third kappa shape index (κ3) is 2.79. The van der Waals surface area contributed by atoms with E-state index in [4.69, 9.17) is 16.7 Å². The number of aromatic carboxylic acids is 1. The number of hydrogen-bond donors (Lipinski definition) is 1. The van der Waals surface area contributed by atoms with Gasteiger partial charge in [0.15, 0.2) is 0 Å². The number of nitrogens with zero attached hydrogens (tertiary/aromatic N) is 1. The summed E-state index contributed by atoms with van der Waals surface area (Å²) in [5.74, 6) is 0.179. The molecule has 1 fully saturated rings. The highest BCUT2D eigenvalue weighted by atomic mass is 35.5. The van der Waals surface area contributed by atoms with Gasteiger partial charge in [-0.1, -0.05) is 11.6 Å². The van der Waals surface area contributed by atoms with Crippen LogP contribution in [0.1, 0.15) is 10.4 Å². The topological polar surface area (TPSA) is 57.6 Å². The molecule has 1 N–H and O–H groups in total. The Morgan fingerprint density at radius 2 is 2.00 bits per heavy atom. The molecule has 1 aliphatic rings. The van der Waals surface area contributed by atoms with Crippen LogP contribution in [-0.2, 0) is 10.8 Å². The minimum atomic E-state index is -0.991. The van der Waals surface area contributed by atoms with Crippen molar-refractivity contribution in [2.75, 3.05) is 29.5 Å². The van der Waals surface area contributed by atoms with Gasteiger partial charge in [0, 0.05) is 40.4 Å². The minimum absolute atomic E-state index is 0.199. The van der Waals surface area contributed by atoms with Crippen LogP contribution in [0.5, 0.6) is 0 Å². The summed E-state index contributed by atoms with van der Waals surface area (Å²) in [6.07, 6.45) is 0. The molecule has 0 atom stereocenters. The molecule has 1 saturated heterocycles. The molecular weight excluding hydrogens is 262 g/mol. The second-order valence-corrected chi connectivity index (χ2v) is 5.93. The maximum atomic E-state index is 11.3. The first kappa shape index (κ1) is 12.4. The first-order chi connectivity index (χ1) is 8.08. The van der Waals surface area contributed by atoms with Crippen LogP contribution in [0.2, 0.25) is 5.02 Å². The number of carboxylic acids is 1. The van der Waals surface area contributed by atoms with Gasteiger partial charge in [-0.2, -0.15) is 0 Å². The fourth-order valence-corrected chi connectivity index (χ4v) is 3.06. The van der Waals surface area contributed by atoms with E-state index in [1.165, 1.54) is 6.07 Å². The first-order valence-corrected chi connectivity index (χ1v) is 7.07. The zero-order valence-corrected chi connectivity index (χ0v) is 10.6. The predicted octanol–water partition coefficient (Wildman–Crippen LogP) is 1.61. The van der Waals surface area contributed by atoms with Gasteiger partial charge in [0.05, 0.1) is 11.3 Å². The van der Waals surface area contributed by atoms with Gasteiger partial charge in [-0.25, -0.2) is 4.79 Å². The van der Waals surface area contributed by atoms with Crippen LogP contribution >= 0.6 is 11.6 Å². The quantitative estimate of drug-likeness (QED) is 0.889. The van der Waals surface area contributed by atoms with Gasteiger partial charge in [0.25, 0.3) is 0 Å². The van der Waals surface area contributed by atoms with Crippen molar-refractivity contribution in [3.05, 3.63) is 28.8 Å². The number of carbonyl (C=O) groups is 1. The third-order valence-electron chi connectivity index (χ3n) is 2.71. The highest BCUT2D eigenvalue weighted by Gasteiger charge is 2.20. The lowest BCUT2D eigenvalue weighted by Gasteiger charge is -2.29. The predicted molar refractivity (Wildman–Crippen MR) is 68.5 cm³/mol. The van der Waals surface area contributed by atoms with Crippen LogP contribution in [0.4, 0.5) is 5.69 Å². The van der Waals surface area contributed by atoms with E-state index >= 15 is 0 Å². The molecule has 1 aromatic rings. The third-order valence-corrected chi connectivity index (χ3v) is 4.22. The molecule has 0 saturated carbocycles. The van der Waals surface area contributed by atoms with Crippen LogP contribution in [0.25, 0.3) is 0 Å². The smallest absolute Gasteiger partial charge is 0.337 e. The van der Waals surface area contributed by atoms with Crippen molar-refractivity contribution in [1.82, 2.24) is 0 Å². The lowest BCUT2D eigenvalue weighted by molar-refractivity contribution is 0.0697. The monoisotopic (exact) mass is 273 g/mol. The van der Waals surface area contributed by atoms with E-state index in [1.807, 2.05) is 4.90 Å². The molecule has 0 spiro atoms. The van der Waals surface area contributed by atoms with E-state index in [0.717, 1.165) is 0 Å². The van der Waals surface area contributed by atoms with Crippen molar-refractivity contribution in [3.63, 3.8) is 0 Å². The molecule has 1 heterocycles. The molecule has 0 aromatic heterocycles. The highest BCUT2D eigenvalue weighted by Crippen LogP contribution is 2.25. The molecule has 92 valence electrons. The number of halogens is 1. The van der Waals surface area contributed by atoms with Gasteiger partial charge >= 0.3 is 5.97 Å². The maximum Gasteiger partial charge on any atom is 0.337 e. The van der Waals surface area contributed by atoms with Crippen molar-refractivity contribution in [1.29, 1.82) is 0 Å². The van der Waals surface area contributed by atoms with E-state index in [0.29, 0.717) is 35.3 Å². The molecule has 6 heteroatoms. The lowest BCUT2D eigenvalue weighted by Crippen LogP contribution is -2.38. The first-order valence-electron chi connectivity index (χ1n) is 5.20. The Hall–Kier alpha value is -1.07. The number of hydrogen-bond acceptors (Lipinski definition) is 3. The Bertz CT molecular complexity index is 468. The molecule has 1 aliphatic heterocycles. The van der Waals surface area contributed by atoms with Crippen LogP contribution in [0, 0.1) is 0 Å². The van der Waals surface area contributed by atoms with Gasteiger partial charge in [-0.15, -0.1) is 0 Å². The second kappa shape index (κ2) is 5.06. The zero-order valence-electron chi connectivity index (χ0n) is 9.06. The van der Waals surface area contributed by atoms with Crippen LogP contribution in [0.3, 0.4) is 0 Å².